The van der Waals surface area contributed by atoms with Gasteiger partial charge < -0.3 is 10.6 Å². The Bertz CT molecular complexity index is 622. The van der Waals surface area contributed by atoms with Gasteiger partial charge in [-0.3, -0.25) is 0 Å². The van der Waals surface area contributed by atoms with E-state index in [0.717, 1.165) is 6.54 Å². The van der Waals surface area contributed by atoms with Crippen LogP contribution in [0.1, 0.15) is 36.6 Å². The van der Waals surface area contributed by atoms with Gasteiger partial charge >= 0.3 is 0 Å². The molecule has 2 heterocycles. The van der Waals surface area contributed by atoms with E-state index < -0.39 is 0 Å². The van der Waals surface area contributed by atoms with Crippen molar-refractivity contribution in [1.29, 1.82) is 0 Å². The quantitative estimate of drug-likeness (QED) is 0.816. The van der Waals surface area contributed by atoms with Crippen LogP contribution in [0.5, 0.6) is 0 Å². The molecular weight excluding hydrogens is 244 g/mol. The number of hydrogen-bond donors (Lipinski definition) is 2. The summed E-state index contributed by atoms with van der Waals surface area (Å²) in [7, 11) is 0. The summed E-state index contributed by atoms with van der Waals surface area (Å²) in [4.78, 5) is 0. The van der Waals surface area contributed by atoms with Crippen molar-refractivity contribution < 1.29 is 0 Å². The van der Waals surface area contributed by atoms with E-state index in [-0.39, 0.29) is 5.41 Å². The zero-order valence-corrected chi connectivity index (χ0v) is 11.8. The second-order valence-corrected chi connectivity index (χ2v) is 6.22. The lowest BCUT2D eigenvalue weighted by Crippen LogP contribution is -2.40. The summed E-state index contributed by atoms with van der Waals surface area (Å²) < 4.78 is 0. The van der Waals surface area contributed by atoms with E-state index in [1.807, 2.05) is 0 Å². The average Bonchev–Trinajstić information content (AvgIpc) is 2.90. The van der Waals surface area contributed by atoms with Crippen LogP contribution in [-0.4, -0.2) is 6.54 Å². The highest BCUT2D eigenvalue weighted by Gasteiger charge is 2.49. The van der Waals surface area contributed by atoms with Gasteiger partial charge in [-0.15, -0.1) is 0 Å². The molecule has 0 saturated carbocycles. The number of rotatable bonds is 1. The lowest BCUT2D eigenvalue weighted by molar-refractivity contribution is 0.227. The molecule has 2 aliphatic heterocycles. The Balaban J connectivity index is 1.85. The van der Waals surface area contributed by atoms with Gasteiger partial charge in [0.05, 0.1) is 6.04 Å². The van der Waals surface area contributed by atoms with Crippen LogP contribution in [0.4, 0.5) is 5.69 Å². The normalized spacial score (nSPS) is 31.2. The highest BCUT2D eigenvalue weighted by Crippen LogP contribution is 2.55. The fourth-order valence-electron chi connectivity index (χ4n) is 3.95. The predicted molar refractivity (Wildman–Crippen MR) is 82.7 cm³/mol. The molecule has 2 N–H and O–H groups in total. The molecule has 0 amide bonds. The summed E-state index contributed by atoms with van der Waals surface area (Å²) in [5.41, 5.74) is 4.31. The molecule has 102 valence electrons. The summed E-state index contributed by atoms with van der Waals surface area (Å²) in [5, 5.41) is 7.50. The number of fused-ring (bicyclic) bond motifs is 3. The highest BCUT2D eigenvalue weighted by molar-refractivity contribution is 5.58. The molecule has 20 heavy (non-hydrogen) atoms. The third-order valence-corrected chi connectivity index (χ3v) is 5.04. The molecule has 0 bridgehead atoms. The topological polar surface area (TPSA) is 24.1 Å². The van der Waals surface area contributed by atoms with Crippen molar-refractivity contribution in [2.45, 2.75) is 25.4 Å². The molecule has 0 radical (unpaired) electrons. The lowest BCUT2D eigenvalue weighted by Gasteiger charge is -2.45. The molecule has 4 rings (SSSR count). The third kappa shape index (κ3) is 1.61. The van der Waals surface area contributed by atoms with Crippen molar-refractivity contribution in [2.75, 3.05) is 11.9 Å². The standard InChI is InChI=1S/C18H20N2/c1-18-11-12-19-17(18)14-9-5-6-10-15(14)20-16(18)13-7-3-2-4-8-13/h2-10,16-17,19-20H,11-12H2,1H3/t16-,17-,18+/m0/s1. The summed E-state index contributed by atoms with van der Waals surface area (Å²) in [6.45, 7) is 3.51. The van der Waals surface area contributed by atoms with Crippen LogP contribution >= 0.6 is 0 Å². The van der Waals surface area contributed by atoms with Gasteiger partial charge in [0.15, 0.2) is 0 Å². The van der Waals surface area contributed by atoms with E-state index in [9.17, 15) is 0 Å². The number of hydrogen-bond acceptors (Lipinski definition) is 2. The Morgan fingerprint density at radius 1 is 0.950 bits per heavy atom. The van der Waals surface area contributed by atoms with Crippen LogP contribution in [0.3, 0.4) is 0 Å². The zero-order chi connectivity index (χ0) is 13.6. The van der Waals surface area contributed by atoms with Crippen LogP contribution in [0.2, 0.25) is 0 Å². The van der Waals surface area contributed by atoms with Gasteiger partial charge in [-0.2, -0.15) is 0 Å². The summed E-state index contributed by atoms with van der Waals surface area (Å²) >= 11 is 0. The van der Waals surface area contributed by atoms with Crippen LogP contribution < -0.4 is 10.6 Å². The van der Waals surface area contributed by atoms with Gasteiger partial charge in [-0.25, -0.2) is 0 Å². The van der Waals surface area contributed by atoms with Gasteiger partial charge in [0.25, 0.3) is 0 Å². The van der Waals surface area contributed by atoms with Crippen LogP contribution in [-0.2, 0) is 0 Å². The Kier molecular flexibility index (Phi) is 2.61. The molecule has 0 aromatic heterocycles. The highest BCUT2D eigenvalue weighted by atomic mass is 15.1. The molecule has 2 aliphatic rings. The molecule has 1 saturated heterocycles. The van der Waals surface area contributed by atoms with E-state index in [2.05, 4.69) is 72.2 Å². The van der Waals surface area contributed by atoms with Crippen LogP contribution in [0, 0.1) is 5.41 Å². The molecular formula is C18H20N2. The van der Waals surface area contributed by atoms with Crippen molar-refractivity contribution >= 4 is 5.69 Å². The van der Waals surface area contributed by atoms with E-state index in [4.69, 9.17) is 0 Å². The minimum Gasteiger partial charge on any atom is -0.377 e. The van der Waals surface area contributed by atoms with Crippen molar-refractivity contribution in [3.8, 4) is 0 Å². The molecule has 2 nitrogen and oxygen atoms in total. The third-order valence-electron chi connectivity index (χ3n) is 5.04. The van der Waals surface area contributed by atoms with E-state index in [1.165, 1.54) is 23.2 Å². The average molecular weight is 264 g/mol. The summed E-state index contributed by atoms with van der Waals surface area (Å²) in [6, 6.07) is 20.4. The Morgan fingerprint density at radius 2 is 1.70 bits per heavy atom. The first-order valence-electron chi connectivity index (χ1n) is 7.43. The lowest BCUT2D eigenvalue weighted by atomic mass is 9.68. The van der Waals surface area contributed by atoms with Crippen LogP contribution in [0.25, 0.3) is 0 Å². The maximum Gasteiger partial charge on any atom is 0.0586 e. The smallest absolute Gasteiger partial charge is 0.0586 e. The first-order valence-corrected chi connectivity index (χ1v) is 7.43. The summed E-state index contributed by atoms with van der Waals surface area (Å²) in [5.74, 6) is 0. The number of nitrogens with one attached hydrogen (secondary N) is 2. The first-order chi connectivity index (χ1) is 9.79. The van der Waals surface area contributed by atoms with Gasteiger partial charge in [-0.1, -0.05) is 55.5 Å². The molecule has 2 aromatic rings. The molecule has 0 spiro atoms. The Labute approximate surface area is 120 Å². The molecule has 1 fully saturated rings. The van der Waals surface area contributed by atoms with Crippen molar-refractivity contribution in [3.05, 3.63) is 65.7 Å². The van der Waals surface area contributed by atoms with Gasteiger partial charge in [0.2, 0.25) is 0 Å². The Morgan fingerprint density at radius 3 is 2.55 bits per heavy atom. The first kappa shape index (κ1) is 12.0. The number of para-hydroxylation sites is 1. The van der Waals surface area contributed by atoms with Crippen LogP contribution in [0.15, 0.2) is 54.6 Å². The van der Waals surface area contributed by atoms with Gasteiger partial charge in [-0.05, 0) is 30.2 Å². The van der Waals surface area contributed by atoms with Gasteiger partial charge in [0, 0.05) is 17.1 Å². The van der Waals surface area contributed by atoms with E-state index in [1.54, 1.807) is 0 Å². The SMILES string of the molecule is C[C@]12CCN[C@H]1c1ccccc1N[C@H]2c1ccccc1. The number of benzene rings is 2. The molecule has 2 heteroatoms. The monoisotopic (exact) mass is 264 g/mol. The maximum atomic E-state index is 3.79. The maximum absolute atomic E-state index is 3.79. The zero-order valence-electron chi connectivity index (χ0n) is 11.8. The predicted octanol–water partition coefficient (Wildman–Crippen LogP) is 3.89. The minimum absolute atomic E-state index is 0.232. The van der Waals surface area contributed by atoms with E-state index in [0.29, 0.717) is 12.1 Å². The van der Waals surface area contributed by atoms with E-state index >= 15 is 0 Å². The van der Waals surface area contributed by atoms with Crippen molar-refractivity contribution in [1.82, 2.24) is 5.32 Å². The molecule has 0 aliphatic carbocycles. The molecule has 3 atom stereocenters. The largest absolute Gasteiger partial charge is 0.377 e. The Hall–Kier alpha value is -1.80. The minimum atomic E-state index is 0.232. The van der Waals surface area contributed by atoms with Crippen molar-refractivity contribution in [3.63, 3.8) is 0 Å². The van der Waals surface area contributed by atoms with Crippen molar-refractivity contribution in [2.24, 2.45) is 5.41 Å². The molecule has 2 aromatic carbocycles. The number of anilines is 1. The fourth-order valence-corrected chi connectivity index (χ4v) is 3.95. The molecule has 0 unspecified atom stereocenters. The fraction of sp³-hybridized carbons (Fsp3) is 0.333. The second kappa shape index (κ2) is 4.35. The van der Waals surface area contributed by atoms with Gasteiger partial charge in [0.1, 0.15) is 0 Å². The summed E-state index contributed by atoms with van der Waals surface area (Å²) in [6.07, 6.45) is 1.21. The second-order valence-electron chi connectivity index (χ2n) is 6.22.